The molecule has 1 aromatic rings. The molecule has 1 fully saturated rings. The summed E-state index contributed by atoms with van der Waals surface area (Å²) in [4.78, 5) is 12.1. The largest absolute Gasteiger partial charge is 0.349 e. The van der Waals surface area contributed by atoms with Crippen molar-refractivity contribution in [3.05, 3.63) is 35.6 Å². The molecule has 1 amide bonds. The highest BCUT2D eigenvalue weighted by Crippen LogP contribution is 2.27. The van der Waals surface area contributed by atoms with Crippen LogP contribution in [0.15, 0.2) is 24.3 Å². The van der Waals surface area contributed by atoms with E-state index in [0.29, 0.717) is 5.92 Å². The monoisotopic (exact) mass is 263 g/mol. The number of nitrogens with one attached hydrogen (secondary N) is 1. The molecule has 0 saturated heterocycles. The number of carbonyl (C=O) groups is 1. The molecular formula is C16H22FNO. The molecule has 1 saturated carbocycles. The van der Waals surface area contributed by atoms with E-state index in [9.17, 15) is 9.18 Å². The molecule has 0 spiro atoms. The number of amides is 1. The van der Waals surface area contributed by atoms with Gasteiger partial charge in [-0.05, 0) is 37.3 Å². The molecule has 1 N–H and O–H groups in total. The van der Waals surface area contributed by atoms with E-state index in [1.165, 1.54) is 44.2 Å². The number of hydrogen-bond acceptors (Lipinski definition) is 1. The van der Waals surface area contributed by atoms with Gasteiger partial charge in [0.1, 0.15) is 5.82 Å². The molecule has 1 aliphatic carbocycles. The van der Waals surface area contributed by atoms with Crippen LogP contribution < -0.4 is 5.32 Å². The van der Waals surface area contributed by atoms with Crippen molar-refractivity contribution in [1.82, 2.24) is 5.32 Å². The third kappa shape index (κ3) is 3.55. The lowest BCUT2D eigenvalue weighted by atomic mass is 9.83. The molecule has 2 nitrogen and oxygen atoms in total. The third-order valence-corrected chi connectivity index (χ3v) is 4.09. The van der Waals surface area contributed by atoms with E-state index in [0.717, 1.165) is 6.42 Å². The molecule has 1 aromatic carbocycles. The Balaban J connectivity index is 2.01. The van der Waals surface area contributed by atoms with Crippen LogP contribution in [0.1, 0.15) is 55.8 Å². The molecule has 1 atom stereocenters. The van der Waals surface area contributed by atoms with Gasteiger partial charge >= 0.3 is 0 Å². The minimum absolute atomic E-state index is 0.150. The Morgan fingerprint density at radius 1 is 1.32 bits per heavy atom. The summed E-state index contributed by atoms with van der Waals surface area (Å²) in [6, 6.07) is 6.34. The van der Waals surface area contributed by atoms with E-state index >= 15 is 0 Å². The van der Waals surface area contributed by atoms with E-state index in [-0.39, 0.29) is 17.5 Å². The van der Waals surface area contributed by atoms with Crippen LogP contribution in [0.3, 0.4) is 0 Å². The van der Waals surface area contributed by atoms with Crippen LogP contribution in [0, 0.1) is 11.7 Å². The summed E-state index contributed by atoms with van der Waals surface area (Å²) in [7, 11) is 0. The molecule has 0 radical (unpaired) electrons. The van der Waals surface area contributed by atoms with Gasteiger partial charge in [-0.25, -0.2) is 4.39 Å². The number of carbonyl (C=O) groups excluding carboxylic acids is 1. The molecule has 3 heteroatoms. The predicted octanol–water partition coefficient (Wildman–Crippen LogP) is 3.91. The summed E-state index contributed by atoms with van der Waals surface area (Å²) in [6.07, 6.45) is 7.05. The highest BCUT2D eigenvalue weighted by molar-refractivity contribution is 5.94. The maximum atomic E-state index is 13.6. The first-order chi connectivity index (χ1) is 9.22. The van der Waals surface area contributed by atoms with E-state index < -0.39 is 5.82 Å². The van der Waals surface area contributed by atoms with Crippen LogP contribution >= 0.6 is 0 Å². The van der Waals surface area contributed by atoms with Crippen LogP contribution in [-0.2, 0) is 0 Å². The van der Waals surface area contributed by atoms with Gasteiger partial charge in [0.2, 0.25) is 0 Å². The minimum atomic E-state index is -0.446. The SMILES string of the molecule is CCC(NC(=O)c1ccccc1F)C1CCCCC1. The Bertz CT molecular complexity index is 427. The summed E-state index contributed by atoms with van der Waals surface area (Å²) in [6.45, 7) is 2.08. The van der Waals surface area contributed by atoms with Crippen molar-refractivity contribution in [2.24, 2.45) is 5.92 Å². The first-order valence-corrected chi connectivity index (χ1v) is 7.27. The lowest BCUT2D eigenvalue weighted by Crippen LogP contribution is -2.41. The summed E-state index contributed by atoms with van der Waals surface area (Å²) in [5.41, 5.74) is 0.150. The fourth-order valence-corrected chi connectivity index (χ4v) is 2.98. The van der Waals surface area contributed by atoms with Gasteiger partial charge in [-0.1, -0.05) is 38.3 Å². The molecule has 1 unspecified atom stereocenters. The first kappa shape index (κ1) is 14.0. The number of halogens is 1. The number of hydrogen-bond donors (Lipinski definition) is 1. The number of rotatable bonds is 4. The lowest BCUT2D eigenvalue weighted by Gasteiger charge is -2.30. The van der Waals surface area contributed by atoms with Gasteiger partial charge in [0.15, 0.2) is 0 Å². The van der Waals surface area contributed by atoms with Crippen LogP contribution in [0.5, 0.6) is 0 Å². The zero-order valence-corrected chi connectivity index (χ0v) is 11.5. The van der Waals surface area contributed by atoms with Gasteiger partial charge in [-0.2, -0.15) is 0 Å². The van der Waals surface area contributed by atoms with Crippen molar-refractivity contribution in [3.8, 4) is 0 Å². The van der Waals surface area contributed by atoms with Gasteiger partial charge in [-0.3, -0.25) is 4.79 Å². The Labute approximate surface area is 114 Å². The Hall–Kier alpha value is -1.38. The third-order valence-electron chi connectivity index (χ3n) is 4.09. The first-order valence-electron chi connectivity index (χ1n) is 7.27. The van der Waals surface area contributed by atoms with E-state index in [1.807, 2.05) is 0 Å². The normalized spacial score (nSPS) is 18.0. The van der Waals surface area contributed by atoms with Gasteiger partial charge in [-0.15, -0.1) is 0 Å². The quantitative estimate of drug-likeness (QED) is 0.876. The predicted molar refractivity (Wildman–Crippen MR) is 74.5 cm³/mol. The summed E-state index contributed by atoms with van der Waals surface area (Å²) in [5.74, 6) is -0.177. The minimum Gasteiger partial charge on any atom is -0.349 e. The Morgan fingerprint density at radius 3 is 2.63 bits per heavy atom. The average molecular weight is 263 g/mol. The van der Waals surface area contributed by atoms with Gasteiger partial charge < -0.3 is 5.32 Å². The van der Waals surface area contributed by atoms with E-state index in [2.05, 4.69) is 12.2 Å². The molecule has 19 heavy (non-hydrogen) atoms. The molecule has 0 aliphatic heterocycles. The van der Waals surface area contributed by atoms with Crippen molar-refractivity contribution in [1.29, 1.82) is 0 Å². The summed E-state index contributed by atoms with van der Waals surface area (Å²) in [5, 5.41) is 3.01. The van der Waals surface area contributed by atoms with Crippen molar-refractivity contribution in [2.45, 2.75) is 51.5 Å². The highest BCUT2D eigenvalue weighted by Gasteiger charge is 2.24. The molecule has 0 heterocycles. The highest BCUT2D eigenvalue weighted by atomic mass is 19.1. The van der Waals surface area contributed by atoms with Crippen molar-refractivity contribution >= 4 is 5.91 Å². The maximum absolute atomic E-state index is 13.6. The number of benzene rings is 1. The summed E-state index contributed by atoms with van der Waals surface area (Å²) < 4.78 is 13.6. The van der Waals surface area contributed by atoms with Gasteiger partial charge in [0, 0.05) is 6.04 Å². The second kappa shape index (κ2) is 6.69. The van der Waals surface area contributed by atoms with Gasteiger partial charge in [0.05, 0.1) is 5.56 Å². The fraction of sp³-hybridized carbons (Fsp3) is 0.562. The Kier molecular flexibility index (Phi) is 4.94. The van der Waals surface area contributed by atoms with Crippen LogP contribution in [0.25, 0.3) is 0 Å². The molecule has 0 aromatic heterocycles. The van der Waals surface area contributed by atoms with Gasteiger partial charge in [0.25, 0.3) is 5.91 Å². The van der Waals surface area contributed by atoms with Crippen molar-refractivity contribution in [2.75, 3.05) is 0 Å². The van der Waals surface area contributed by atoms with Crippen molar-refractivity contribution < 1.29 is 9.18 Å². The molecule has 0 bridgehead atoms. The lowest BCUT2D eigenvalue weighted by molar-refractivity contribution is 0.0907. The van der Waals surface area contributed by atoms with Crippen LogP contribution in [-0.4, -0.2) is 11.9 Å². The molecule has 2 rings (SSSR count). The maximum Gasteiger partial charge on any atom is 0.254 e. The van der Waals surface area contributed by atoms with E-state index in [1.54, 1.807) is 12.1 Å². The van der Waals surface area contributed by atoms with E-state index in [4.69, 9.17) is 0 Å². The Morgan fingerprint density at radius 2 is 2.00 bits per heavy atom. The zero-order chi connectivity index (χ0) is 13.7. The average Bonchev–Trinajstić information content (AvgIpc) is 2.46. The molecular weight excluding hydrogens is 241 g/mol. The van der Waals surface area contributed by atoms with Crippen LogP contribution in [0.4, 0.5) is 4.39 Å². The summed E-state index contributed by atoms with van der Waals surface area (Å²) >= 11 is 0. The van der Waals surface area contributed by atoms with Crippen LogP contribution in [0.2, 0.25) is 0 Å². The standard InChI is InChI=1S/C16H22FNO/c1-2-15(12-8-4-3-5-9-12)18-16(19)13-10-6-7-11-14(13)17/h6-7,10-12,15H,2-5,8-9H2,1H3,(H,18,19). The molecule has 1 aliphatic rings. The second-order valence-electron chi connectivity index (χ2n) is 5.37. The smallest absolute Gasteiger partial charge is 0.254 e. The topological polar surface area (TPSA) is 29.1 Å². The fourth-order valence-electron chi connectivity index (χ4n) is 2.98. The molecule has 104 valence electrons. The zero-order valence-electron chi connectivity index (χ0n) is 11.5. The van der Waals surface area contributed by atoms with Crippen molar-refractivity contribution in [3.63, 3.8) is 0 Å². The second-order valence-corrected chi connectivity index (χ2v) is 5.37.